The van der Waals surface area contributed by atoms with E-state index in [0.717, 1.165) is 25.7 Å². The molecule has 2 heteroatoms. The van der Waals surface area contributed by atoms with E-state index in [1.54, 1.807) is 0 Å². The van der Waals surface area contributed by atoms with E-state index in [4.69, 9.17) is 0 Å². The molecule has 0 atom stereocenters. The van der Waals surface area contributed by atoms with Crippen LogP contribution in [0.3, 0.4) is 0 Å². The minimum absolute atomic E-state index is 0.773. The molecule has 2 nitrogen and oxygen atoms in total. The molecule has 0 amide bonds. The molecular formula is C19H24N2. The van der Waals surface area contributed by atoms with Crippen molar-refractivity contribution in [2.24, 2.45) is 0 Å². The maximum atomic E-state index is 3.56. The number of hydrogen-bond acceptors (Lipinski definition) is 2. The summed E-state index contributed by atoms with van der Waals surface area (Å²) in [4.78, 5) is 2.41. The second kappa shape index (κ2) is 6.77. The Labute approximate surface area is 127 Å². The van der Waals surface area contributed by atoms with Gasteiger partial charge in [0.2, 0.25) is 0 Å². The Kier molecular flexibility index (Phi) is 4.56. The largest absolute Gasteiger partial charge is 0.367 e. The van der Waals surface area contributed by atoms with Gasteiger partial charge >= 0.3 is 0 Å². The Morgan fingerprint density at radius 2 is 1.67 bits per heavy atom. The smallest absolute Gasteiger partial charge is 0.0429 e. The summed E-state index contributed by atoms with van der Waals surface area (Å²) in [6, 6.07) is 20.4. The molecule has 1 aliphatic carbocycles. The van der Waals surface area contributed by atoms with Gasteiger partial charge in [0.15, 0.2) is 0 Å². The molecule has 0 radical (unpaired) electrons. The molecule has 2 aromatic carbocycles. The Morgan fingerprint density at radius 1 is 0.952 bits per heavy atom. The molecule has 1 aliphatic rings. The average molecular weight is 280 g/mol. The molecule has 3 rings (SSSR count). The molecule has 0 unspecified atom stereocenters. The SMILES string of the molecule is CCN(Cc1ccccc1)c1ccc(CNC2CC2)cc1. The summed E-state index contributed by atoms with van der Waals surface area (Å²) in [6.07, 6.45) is 2.69. The Morgan fingerprint density at radius 3 is 2.29 bits per heavy atom. The first-order valence-corrected chi connectivity index (χ1v) is 7.96. The van der Waals surface area contributed by atoms with Crippen LogP contribution in [0.5, 0.6) is 0 Å². The van der Waals surface area contributed by atoms with Gasteiger partial charge in [0, 0.05) is 31.4 Å². The fourth-order valence-electron chi connectivity index (χ4n) is 2.56. The minimum atomic E-state index is 0.773. The first-order chi connectivity index (χ1) is 10.3. The van der Waals surface area contributed by atoms with E-state index < -0.39 is 0 Å². The van der Waals surface area contributed by atoms with E-state index in [1.165, 1.54) is 29.7 Å². The van der Waals surface area contributed by atoms with Crippen LogP contribution in [0.2, 0.25) is 0 Å². The summed E-state index contributed by atoms with van der Waals surface area (Å²) in [7, 11) is 0. The first kappa shape index (κ1) is 14.2. The average Bonchev–Trinajstić information content (AvgIpc) is 3.37. The van der Waals surface area contributed by atoms with Crippen molar-refractivity contribution >= 4 is 5.69 Å². The third-order valence-electron chi connectivity index (χ3n) is 4.07. The van der Waals surface area contributed by atoms with Crippen molar-refractivity contribution in [2.45, 2.75) is 38.9 Å². The number of nitrogens with one attached hydrogen (secondary N) is 1. The van der Waals surface area contributed by atoms with Gasteiger partial charge in [0.05, 0.1) is 0 Å². The fraction of sp³-hybridized carbons (Fsp3) is 0.368. The van der Waals surface area contributed by atoms with Crippen molar-refractivity contribution in [1.29, 1.82) is 0 Å². The van der Waals surface area contributed by atoms with E-state index in [9.17, 15) is 0 Å². The van der Waals surface area contributed by atoms with Crippen molar-refractivity contribution in [3.8, 4) is 0 Å². The minimum Gasteiger partial charge on any atom is -0.367 e. The monoisotopic (exact) mass is 280 g/mol. The Bertz CT molecular complexity index is 544. The van der Waals surface area contributed by atoms with Crippen LogP contribution in [-0.2, 0) is 13.1 Å². The zero-order valence-electron chi connectivity index (χ0n) is 12.8. The lowest BCUT2D eigenvalue weighted by Gasteiger charge is -2.23. The molecule has 0 aromatic heterocycles. The highest BCUT2D eigenvalue weighted by molar-refractivity contribution is 5.48. The maximum absolute atomic E-state index is 3.56. The summed E-state index contributed by atoms with van der Waals surface area (Å²) < 4.78 is 0. The molecule has 0 heterocycles. The molecule has 1 fully saturated rings. The second-order valence-electron chi connectivity index (χ2n) is 5.82. The summed E-state index contributed by atoms with van der Waals surface area (Å²) >= 11 is 0. The predicted octanol–water partition coefficient (Wildman–Crippen LogP) is 3.97. The Balaban J connectivity index is 1.62. The fourth-order valence-corrected chi connectivity index (χ4v) is 2.56. The van der Waals surface area contributed by atoms with Crippen molar-refractivity contribution < 1.29 is 0 Å². The molecule has 110 valence electrons. The van der Waals surface area contributed by atoms with Crippen molar-refractivity contribution in [1.82, 2.24) is 5.32 Å². The van der Waals surface area contributed by atoms with E-state index >= 15 is 0 Å². The summed E-state index contributed by atoms with van der Waals surface area (Å²) in [5.74, 6) is 0. The van der Waals surface area contributed by atoms with Gasteiger partial charge in [-0.25, -0.2) is 0 Å². The molecule has 0 spiro atoms. The van der Waals surface area contributed by atoms with E-state index in [2.05, 4.69) is 71.7 Å². The van der Waals surface area contributed by atoms with Crippen LogP contribution in [0.15, 0.2) is 54.6 Å². The van der Waals surface area contributed by atoms with Gasteiger partial charge in [-0.05, 0) is 43.0 Å². The van der Waals surface area contributed by atoms with E-state index in [-0.39, 0.29) is 0 Å². The van der Waals surface area contributed by atoms with Crippen molar-refractivity contribution in [3.05, 3.63) is 65.7 Å². The van der Waals surface area contributed by atoms with E-state index in [0.29, 0.717) is 0 Å². The zero-order valence-corrected chi connectivity index (χ0v) is 12.8. The van der Waals surface area contributed by atoms with Gasteiger partial charge in [-0.2, -0.15) is 0 Å². The van der Waals surface area contributed by atoms with Crippen LogP contribution < -0.4 is 10.2 Å². The second-order valence-corrected chi connectivity index (χ2v) is 5.82. The van der Waals surface area contributed by atoms with Gasteiger partial charge in [-0.1, -0.05) is 42.5 Å². The summed E-state index contributed by atoms with van der Waals surface area (Å²) in [5, 5.41) is 3.56. The lowest BCUT2D eigenvalue weighted by atomic mass is 10.1. The van der Waals surface area contributed by atoms with Gasteiger partial charge in [0.25, 0.3) is 0 Å². The molecular weight excluding hydrogens is 256 g/mol. The summed E-state index contributed by atoms with van der Waals surface area (Å²) in [6.45, 7) is 5.20. The van der Waals surface area contributed by atoms with Crippen molar-refractivity contribution in [3.63, 3.8) is 0 Å². The number of nitrogens with zero attached hydrogens (tertiary/aromatic N) is 1. The molecule has 1 N–H and O–H groups in total. The third kappa shape index (κ3) is 4.08. The highest BCUT2D eigenvalue weighted by Gasteiger charge is 2.19. The highest BCUT2D eigenvalue weighted by atomic mass is 15.1. The molecule has 0 aliphatic heterocycles. The van der Waals surface area contributed by atoms with Gasteiger partial charge in [-0.3, -0.25) is 0 Å². The van der Waals surface area contributed by atoms with Crippen LogP contribution >= 0.6 is 0 Å². The predicted molar refractivity (Wildman–Crippen MR) is 89.5 cm³/mol. The summed E-state index contributed by atoms with van der Waals surface area (Å²) in [5.41, 5.74) is 4.04. The molecule has 0 saturated heterocycles. The topological polar surface area (TPSA) is 15.3 Å². The third-order valence-corrected chi connectivity index (χ3v) is 4.07. The number of benzene rings is 2. The van der Waals surface area contributed by atoms with Crippen LogP contribution in [0.25, 0.3) is 0 Å². The lowest BCUT2D eigenvalue weighted by molar-refractivity contribution is 0.687. The van der Waals surface area contributed by atoms with E-state index in [1.807, 2.05) is 0 Å². The van der Waals surface area contributed by atoms with Crippen LogP contribution in [0.4, 0.5) is 5.69 Å². The lowest BCUT2D eigenvalue weighted by Crippen LogP contribution is -2.22. The first-order valence-electron chi connectivity index (χ1n) is 7.96. The van der Waals surface area contributed by atoms with Crippen molar-refractivity contribution in [2.75, 3.05) is 11.4 Å². The normalized spacial score (nSPS) is 14.1. The quantitative estimate of drug-likeness (QED) is 0.825. The number of rotatable bonds is 7. The molecule has 0 bridgehead atoms. The van der Waals surface area contributed by atoms with Crippen LogP contribution in [-0.4, -0.2) is 12.6 Å². The molecule has 2 aromatic rings. The zero-order chi connectivity index (χ0) is 14.5. The van der Waals surface area contributed by atoms with Crippen LogP contribution in [0.1, 0.15) is 30.9 Å². The molecule has 1 saturated carbocycles. The number of anilines is 1. The van der Waals surface area contributed by atoms with Gasteiger partial charge in [0.1, 0.15) is 0 Å². The van der Waals surface area contributed by atoms with Crippen LogP contribution in [0, 0.1) is 0 Å². The number of hydrogen-bond donors (Lipinski definition) is 1. The van der Waals surface area contributed by atoms with Gasteiger partial charge in [-0.15, -0.1) is 0 Å². The highest BCUT2D eigenvalue weighted by Crippen LogP contribution is 2.21. The maximum Gasteiger partial charge on any atom is 0.0429 e. The standard InChI is InChI=1S/C19H24N2/c1-2-21(15-17-6-4-3-5-7-17)19-12-8-16(9-13-19)14-20-18-10-11-18/h3-9,12-13,18,20H,2,10-11,14-15H2,1H3. The molecule has 21 heavy (non-hydrogen) atoms. The van der Waals surface area contributed by atoms with Gasteiger partial charge < -0.3 is 10.2 Å². The Hall–Kier alpha value is -1.80.